The topological polar surface area (TPSA) is 57.0 Å². The first kappa shape index (κ1) is 80.4. The van der Waals surface area contributed by atoms with Crippen molar-refractivity contribution in [2.24, 2.45) is 0 Å². The molecule has 0 spiro atoms. The molecule has 0 unspecified atom stereocenters. The summed E-state index contributed by atoms with van der Waals surface area (Å²) < 4.78 is 0. The molecule has 0 N–H and O–H groups in total. The second kappa shape index (κ2) is 46.0. The van der Waals surface area contributed by atoms with Crippen molar-refractivity contribution in [2.75, 3.05) is 0 Å². The Morgan fingerprint density at radius 3 is 0.600 bits per heavy atom. The van der Waals surface area contributed by atoms with Crippen LogP contribution in [0.2, 0.25) is 0 Å². The van der Waals surface area contributed by atoms with Crippen LogP contribution in [0.5, 0.6) is 0 Å². The molecule has 0 rings (SSSR count). The van der Waals surface area contributed by atoms with Gasteiger partial charge in [-0.15, -0.1) is 0 Å². The minimum Gasteiger partial charge on any atom is -2.00 e. The molecule has 0 saturated heterocycles. The van der Waals surface area contributed by atoms with Gasteiger partial charge >= 0.3 is 54.2 Å². The van der Waals surface area contributed by atoms with Crippen LogP contribution in [-0.4, -0.2) is 34.7 Å². The van der Waals surface area contributed by atoms with E-state index in [0.29, 0.717) is 0 Å². The van der Waals surface area contributed by atoms with Gasteiger partial charge in [-0.3, -0.25) is 0 Å². The van der Waals surface area contributed by atoms with Crippen molar-refractivity contribution in [2.45, 2.75) is 0 Å². The Labute approximate surface area is 65.0 Å². The molecule has 0 aliphatic carbocycles. The van der Waals surface area contributed by atoms with Crippen LogP contribution in [0.15, 0.2) is 0 Å². The van der Waals surface area contributed by atoms with Crippen molar-refractivity contribution in [1.82, 2.24) is 0 Å². The summed E-state index contributed by atoms with van der Waals surface area (Å²) in [5.74, 6) is 0. The normalized spacial score (nSPS) is 0. The van der Waals surface area contributed by atoms with Gasteiger partial charge in [0.05, 0.1) is 0 Å². The van der Waals surface area contributed by atoms with Crippen LogP contribution in [0, 0.1) is 0 Å². The van der Waals surface area contributed by atoms with E-state index >= 15 is 0 Å². The van der Waals surface area contributed by atoms with Gasteiger partial charge in [-0.25, -0.2) is 0 Å². The molecule has 16 valence electrons. The first-order valence-electron chi connectivity index (χ1n) is 0. The van der Waals surface area contributed by atoms with E-state index in [1.807, 2.05) is 0 Å². The predicted octanol–water partition coefficient (Wildman–Crippen LogP) is -1.00. The second-order valence-electron chi connectivity index (χ2n) is 0. The molecule has 0 atom stereocenters. The fraction of sp³-hybridized carbons (Fsp3) is 0. The predicted molar refractivity (Wildman–Crippen MR) is 12.9 cm³/mol. The summed E-state index contributed by atoms with van der Waals surface area (Å²) in [7, 11) is 0. The van der Waals surface area contributed by atoms with Crippen molar-refractivity contribution < 1.29 is 30.4 Å². The number of hydrogen-bond donors (Lipinski definition) is 0. The zero-order chi connectivity index (χ0) is 0. The van der Waals surface area contributed by atoms with Crippen LogP contribution in [0.4, 0.5) is 0 Å². The molecule has 0 aromatic rings. The molecule has 0 bridgehead atoms. The molecule has 2 nitrogen and oxygen atoms in total. The fourth-order valence-electron chi connectivity index (χ4n) is 0. The Balaban J connectivity index is 0. The van der Waals surface area contributed by atoms with Crippen molar-refractivity contribution in [3.05, 3.63) is 0 Å². The van der Waals surface area contributed by atoms with Gasteiger partial charge < -0.3 is 11.0 Å². The molecule has 0 aromatic heterocycles. The first-order valence-corrected chi connectivity index (χ1v) is 0. The van der Waals surface area contributed by atoms with E-state index in [-0.39, 0.29) is 65.2 Å². The molecule has 0 amide bonds. The summed E-state index contributed by atoms with van der Waals surface area (Å²) in [5.41, 5.74) is 0. The molecule has 5 heteroatoms. The van der Waals surface area contributed by atoms with Crippen molar-refractivity contribution >= 4 is 34.7 Å². The average molecular weight is 151 g/mol. The average Bonchev–Trinajstić information content (AvgIpc) is 0. The minimum absolute atomic E-state index is 0. The second-order valence-corrected chi connectivity index (χ2v) is 0. The Bertz CT molecular complexity index is 7.61. The van der Waals surface area contributed by atoms with Gasteiger partial charge in [0.15, 0.2) is 0 Å². The third-order valence-electron chi connectivity index (χ3n) is 0. The van der Waals surface area contributed by atoms with E-state index in [9.17, 15) is 0 Å². The molecule has 0 aliphatic rings. The van der Waals surface area contributed by atoms with Gasteiger partial charge in [0.1, 0.15) is 0 Å². The van der Waals surface area contributed by atoms with Gasteiger partial charge in [-0.05, 0) is 0 Å². The summed E-state index contributed by atoms with van der Waals surface area (Å²) >= 11 is 0. The van der Waals surface area contributed by atoms with Crippen LogP contribution in [0.25, 0.3) is 0 Å². The largest absolute Gasteiger partial charge is 3.00 e. The summed E-state index contributed by atoms with van der Waals surface area (Å²) in [6.07, 6.45) is 0. The van der Waals surface area contributed by atoms with E-state index < -0.39 is 0 Å². The third kappa shape index (κ3) is 28.2. The molecule has 0 heterocycles. The Morgan fingerprint density at radius 2 is 0.600 bits per heavy atom. The van der Waals surface area contributed by atoms with Gasteiger partial charge in [-0.2, -0.15) is 0 Å². The van der Waals surface area contributed by atoms with Crippen LogP contribution < -0.4 is 0 Å². The van der Waals surface area contributed by atoms with E-state index in [2.05, 4.69) is 0 Å². The van der Waals surface area contributed by atoms with Gasteiger partial charge in [0.25, 0.3) is 0 Å². The summed E-state index contributed by atoms with van der Waals surface area (Å²) in [4.78, 5) is 0. The molecular formula is Al2O2Zn+4. The molecule has 0 aromatic carbocycles. The van der Waals surface area contributed by atoms with E-state index in [0.717, 1.165) is 0 Å². The van der Waals surface area contributed by atoms with Crippen LogP contribution in [-0.2, 0) is 30.4 Å². The van der Waals surface area contributed by atoms with E-state index in [4.69, 9.17) is 0 Å². The fourth-order valence-corrected chi connectivity index (χ4v) is 0. The molecule has 0 saturated carbocycles. The molecule has 0 fully saturated rings. The maximum atomic E-state index is 0. The number of hydrogen-bond acceptors (Lipinski definition) is 0. The molecule has 0 radical (unpaired) electrons. The Hall–Kier alpha value is 1.61. The van der Waals surface area contributed by atoms with Crippen molar-refractivity contribution in [1.29, 1.82) is 0 Å². The quantitative estimate of drug-likeness (QED) is 0.399. The van der Waals surface area contributed by atoms with Crippen molar-refractivity contribution in [3.8, 4) is 0 Å². The Morgan fingerprint density at radius 1 is 0.600 bits per heavy atom. The monoisotopic (exact) mass is 150 g/mol. The summed E-state index contributed by atoms with van der Waals surface area (Å²) in [6, 6.07) is 0. The maximum absolute atomic E-state index is 0. The van der Waals surface area contributed by atoms with Crippen LogP contribution in [0.1, 0.15) is 0 Å². The third-order valence-corrected chi connectivity index (χ3v) is 0. The molecule has 5 heavy (non-hydrogen) atoms. The van der Waals surface area contributed by atoms with Gasteiger partial charge in [0, 0.05) is 0 Å². The van der Waals surface area contributed by atoms with E-state index in [1.54, 1.807) is 0 Å². The summed E-state index contributed by atoms with van der Waals surface area (Å²) in [6.45, 7) is 0. The van der Waals surface area contributed by atoms with Crippen LogP contribution in [0.3, 0.4) is 0 Å². The smallest absolute Gasteiger partial charge is 2.00 e. The number of rotatable bonds is 0. The SMILES string of the molecule is [Al+3].[Al+3].[O-2].[O-2].[Zn+2]. The maximum Gasteiger partial charge on any atom is 3.00 e. The van der Waals surface area contributed by atoms with Gasteiger partial charge in [-0.1, -0.05) is 0 Å². The van der Waals surface area contributed by atoms with Gasteiger partial charge in [0.2, 0.25) is 0 Å². The zero-order valence-electron chi connectivity index (χ0n) is 2.68. The zero-order valence-corrected chi connectivity index (χ0v) is 7.95. The first-order chi connectivity index (χ1) is 0. The standard InChI is InChI=1S/2Al.2O.Zn/q2*+3;2*-2;+2. The summed E-state index contributed by atoms with van der Waals surface area (Å²) in [5, 5.41) is 0. The van der Waals surface area contributed by atoms with Crippen LogP contribution >= 0.6 is 0 Å². The molecular weight excluding hydrogens is 151 g/mol. The molecule has 0 aliphatic heterocycles. The van der Waals surface area contributed by atoms with Crippen molar-refractivity contribution in [3.63, 3.8) is 0 Å². The Kier molecular flexibility index (Phi) is 740. The van der Waals surface area contributed by atoms with E-state index in [1.165, 1.54) is 0 Å². The minimum atomic E-state index is 0.